The van der Waals surface area contributed by atoms with Crippen molar-refractivity contribution < 1.29 is 25.2 Å². The molecule has 0 aliphatic carbocycles. The van der Waals surface area contributed by atoms with Crippen molar-refractivity contribution in [2.24, 2.45) is 0 Å². The average Bonchev–Trinajstić information content (AvgIpc) is 2.22. The Balaban J connectivity index is 2.51. The molecular weight excluding hydrogens is 202 g/mol. The van der Waals surface area contributed by atoms with E-state index < -0.39 is 24.1 Å². The van der Waals surface area contributed by atoms with Gasteiger partial charge in [0.05, 0.1) is 13.2 Å². The Bertz CT molecular complexity index is 203. The Hall–Kier alpha value is -0.240. The van der Waals surface area contributed by atoms with Gasteiger partial charge in [0.2, 0.25) is 5.79 Å². The van der Waals surface area contributed by atoms with E-state index in [0.717, 1.165) is 6.42 Å². The molecule has 6 nitrogen and oxygen atoms in total. The summed E-state index contributed by atoms with van der Waals surface area (Å²) in [6, 6.07) is 0. The Morgan fingerprint density at radius 2 is 2.07 bits per heavy atom. The van der Waals surface area contributed by atoms with E-state index in [-0.39, 0.29) is 13.2 Å². The lowest BCUT2D eigenvalue weighted by atomic mass is 9.97. The van der Waals surface area contributed by atoms with Gasteiger partial charge in [-0.25, -0.2) is 0 Å². The van der Waals surface area contributed by atoms with Crippen LogP contribution in [0.3, 0.4) is 0 Å². The fourth-order valence-corrected chi connectivity index (χ4v) is 1.49. The molecule has 4 atom stereocenters. The van der Waals surface area contributed by atoms with Crippen molar-refractivity contribution in [2.75, 3.05) is 19.7 Å². The minimum Gasteiger partial charge on any atom is -0.388 e. The van der Waals surface area contributed by atoms with E-state index in [4.69, 9.17) is 4.74 Å². The SMILES string of the molecule is CCCNC[C@@]1(O)OC[C@@H](O)[C@@H](O)[C@@H]1O. The van der Waals surface area contributed by atoms with Crippen molar-refractivity contribution in [1.29, 1.82) is 0 Å². The zero-order chi connectivity index (χ0) is 11.5. The summed E-state index contributed by atoms with van der Waals surface area (Å²) in [5.41, 5.74) is 0. The van der Waals surface area contributed by atoms with Crippen LogP contribution < -0.4 is 5.32 Å². The second-order valence-corrected chi connectivity index (χ2v) is 3.84. The number of rotatable bonds is 4. The monoisotopic (exact) mass is 221 g/mol. The topological polar surface area (TPSA) is 102 Å². The zero-order valence-corrected chi connectivity index (χ0v) is 8.76. The van der Waals surface area contributed by atoms with Gasteiger partial charge in [0.25, 0.3) is 0 Å². The normalized spacial score (nSPS) is 41.8. The Kier molecular flexibility index (Phi) is 4.45. The van der Waals surface area contributed by atoms with Crippen LogP contribution in [0.15, 0.2) is 0 Å². The van der Waals surface area contributed by atoms with E-state index in [1.54, 1.807) is 0 Å². The second kappa shape index (κ2) is 5.20. The molecule has 0 aromatic carbocycles. The van der Waals surface area contributed by atoms with Crippen LogP contribution >= 0.6 is 0 Å². The maximum absolute atomic E-state index is 9.85. The van der Waals surface area contributed by atoms with Crippen LogP contribution in [0.1, 0.15) is 13.3 Å². The third-order valence-electron chi connectivity index (χ3n) is 2.49. The van der Waals surface area contributed by atoms with Crippen LogP contribution in [-0.2, 0) is 4.74 Å². The quantitative estimate of drug-likeness (QED) is 0.345. The molecule has 1 aliphatic heterocycles. The molecule has 1 saturated heterocycles. The van der Waals surface area contributed by atoms with Gasteiger partial charge in [-0.15, -0.1) is 0 Å². The third kappa shape index (κ3) is 2.87. The second-order valence-electron chi connectivity index (χ2n) is 3.84. The summed E-state index contributed by atoms with van der Waals surface area (Å²) in [5, 5.41) is 40.8. The lowest BCUT2D eigenvalue weighted by Gasteiger charge is -2.41. The molecule has 0 amide bonds. The number of ether oxygens (including phenoxy) is 1. The van der Waals surface area contributed by atoms with Gasteiger partial charge in [0, 0.05) is 0 Å². The van der Waals surface area contributed by atoms with E-state index >= 15 is 0 Å². The minimum absolute atomic E-state index is 0.0196. The molecular formula is C9H19NO5. The van der Waals surface area contributed by atoms with Crippen LogP contribution in [0.2, 0.25) is 0 Å². The van der Waals surface area contributed by atoms with E-state index in [1.165, 1.54) is 0 Å². The molecule has 5 N–H and O–H groups in total. The first kappa shape index (κ1) is 12.8. The summed E-state index contributed by atoms with van der Waals surface area (Å²) in [6.07, 6.45) is -3.17. The van der Waals surface area contributed by atoms with Crippen LogP contribution in [0.25, 0.3) is 0 Å². The van der Waals surface area contributed by atoms with Crippen molar-refractivity contribution in [2.45, 2.75) is 37.4 Å². The molecule has 6 heteroatoms. The highest BCUT2D eigenvalue weighted by molar-refractivity contribution is 4.92. The summed E-state index contributed by atoms with van der Waals surface area (Å²) in [6.45, 7) is 2.47. The molecule has 0 saturated carbocycles. The fraction of sp³-hybridized carbons (Fsp3) is 1.00. The van der Waals surface area contributed by atoms with Crippen molar-refractivity contribution in [3.05, 3.63) is 0 Å². The van der Waals surface area contributed by atoms with Gasteiger partial charge in [0.15, 0.2) is 0 Å². The molecule has 1 aliphatic rings. The van der Waals surface area contributed by atoms with Gasteiger partial charge in [0.1, 0.15) is 18.3 Å². The van der Waals surface area contributed by atoms with E-state index in [9.17, 15) is 20.4 Å². The Morgan fingerprint density at radius 3 is 2.67 bits per heavy atom. The predicted molar refractivity (Wildman–Crippen MR) is 52.1 cm³/mol. The summed E-state index contributed by atoms with van der Waals surface area (Å²) in [5.74, 6) is -1.83. The molecule has 0 bridgehead atoms. The van der Waals surface area contributed by atoms with E-state index in [0.29, 0.717) is 6.54 Å². The number of hydrogen-bond donors (Lipinski definition) is 5. The zero-order valence-electron chi connectivity index (χ0n) is 8.76. The number of nitrogens with one attached hydrogen (secondary N) is 1. The minimum atomic E-state index is -1.83. The first-order chi connectivity index (χ1) is 7.01. The molecule has 1 heterocycles. The highest BCUT2D eigenvalue weighted by Crippen LogP contribution is 2.23. The molecule has 0 aromatic rings. The number of hydrogen-bond acceptors (Lipinski definition) is 6. The van der Waals surface area contributed by atoms with Crippen molar-refractivity contribution in [1.82, 2.24) is 5.32 Å². The van der Waals surface area contributed by atoms with Gasteiger partial charge in [-0.1, -0.05) is 6.92 Å². The van der Waals surface area contributed by atoms with Gasteiger partial charge in [-0.05, 0) is 13.0 Å². The molecule has 0 aromatic heterocycles. The lowest BCUT2D eigenvalue weighted by molar-refractivity contribution is -0.317. The summed E-state index contributed by atoms with van der Waals surface area (Å²) in [4.78, 5) is 0. The maximum Gasteiger partial charge on any atom is 0.207 e. The van der Waals surface area contributed by atoms with Crippen LogP contribution in [0.5, 0.6) is 0 Å². The molecule has 1 fully saturated rings. The van der Waals surface area contributed by atoms with E-state index in [2.05, 4.69) is 5.32 Å². The van der Waals surface area contributed by atoms with Crippen molar-refractivity contribution in [3.63, 3.8) is 0 Å². The third-order valence-corrected chi connectivity index (χ3v) is 2.49. The number of aliphatic hydroxyl groups excluding tert-OH is 3. The summed E-state index contributed by atoms with van der Waals surface area (Å²) >= 11 is 0. The standard InChI is InChI=1S/C9H19NO5/c1-2-3-10-5-9(14)8(13)7(12)6(11)4-15-9/h6-8,10-14H,2-5H2,1H3/t6-,7-,8+,9-/m1/s1. The van der Waals surface area contributed by atoms with Crippen LogP contribution in [-0.4, -0.2) is 64.2 Å². The first-order valence-corrected chi connectivity index (χ1v) is 5.12. The Labute approximate surface area is 88.5 Å². The molecule has 0 radical (unpaired) electrons. The number of aliphatic hydroxyl groups is 4. The summed E-state index contributed by atoms with van der Waals surface area (Å²) in [7, 11) is 0. The fourth-order valence-electron chi connectivity index (χ4n) is 1.49. The molecule has 0 unspecified atom stereocenters. The van der Waals surface area contributed by atoms with Gasteiger partial charge in [-0.3, -0.25) is 0 Å². The molecule has 15 heavy (non-hydrogen) atoms. The molecule has 0 spiro atoms. The summed E-state index contributed by atoms with van der Waals surface area (Å²) < 4.78 is 4.94. The smallest absolute Gasteiger partial charge is 0.207 e. The van der Waals surface area contributed by atoms with Crippen molar-refractivity contribution >= 4 is 0 Å². The lowest BCUT2D eigenvalue weighted by Crippen LogP contribution is -2.64. The first-order valence-electron chi connectivity index (χ1n) is 5.12. The highest BCUT2D eigenvalue weighted by Gasteiger charge is 2.47. The van der Waals surface area contributed by atoms with Gasteiger partial charge >= 0.3 is 0 Å². The largest absolute Gasteiger partial charge is 0.388 e. The maximum atomic E-state index is 9.85. The van der Waals surface area contributed by atoms with Gasteiger partial charge < -0.3 is 30.5 Å². The highest BCUT2D eigenvalue weighted by atomic mass is 16.6. The van der Waals surface area contributed by atoms with Crippen LogP contribution in [0.4, 0.5) is 0 Å². The van der Waals surface area contributed by atoms with Crippen molar-refractivity contribution in [3.8, 4) is 0 Å². The van der Waals surface area contributed by atoms with Gasteiger partial charge in [-0.2, -0.15) is 0 Å². The van der Waals surface area contributed by atoms with E-state index in [1.807, 2.05) is 6.92 Å². The predicted octanol–water partition coefficient (Wildman–Crippen LogP) is -2.21. The average molecular weight is 221 g/mol. The van der Waals surface area contributed by atoms with Crippen LogP contribution in [0, 0.1) is 0 Å². The molecule has 90 valence electrons. The Morgan fingerprint density at radius 1 is 1.40 bits per heavy atom. The molecule has 1 rings (SSSR count).